The van der Waals surface area contributed by atoms with E-state index < -0.39 is 0 Å². The number of benzene rings is 1. The van der Waals surface area contributed by atoms with Gasteiger partial charge in [-0.05, 0) is 43.2 Å². The summed E-state index contributed by atoms with van der Waals surface area (Å²) in [5, 5.41) is 7.26. The third-order valence-corrected chi connectivity index (χ3v) is 4.48. The summed E-state index contributed by atoms with van der Waals surface area (Å²) in [5.74, 6) is 1.53. The molecule has 0 radical (unpaired) electrons. The summed E-state index contributed by atoms with van der Waals surface area (Å²) in [6.07, 6.45) is 2.32. The molecule has 1 aliphatic carbocycles. The highest BCUT2D eigenvalue weighted by molar-refractivity contribution is 5.90. The number of aryl methyl sites for hydroxylation is 1. The van der Waals surface area contributed by atoms with Gasteiger partial charge in [0.2, 0.25) is 5.82 Å². The molecule has 0 bridgehead atoms. The summed E-state index contributed by atoms with van der Waals surface area (Å²) in [6, 6.07) is 8.09. The lowest BCUT2D eigenvalue weighted by Crippen LogP contribution is -2.38. The maximum absolute atomic E-state index is 12.3. The van der Waals surface area contributed by atoms with E-state index in [9.17, 15) is 4.79 Å². The Morgan fingerprint density at radius 3 is 2.68 bits per heavy atom. The van der Waals surface area contributed by atoms with Crippen LogP contribution in [0.2, 0.25) is 0 Å². The van der Waals surface area contributed by atoms with Crippen molar-refractivity contribution in [2.75, 3.05) is 6.54 Å². The molecule has 1 fully saturated rings. The highest BCUT2D eigenvalue weighted by Crippen LogP contribution is 2.31. The maximum atomic E-state index is 12.3. The van der Waals surface area contributed by atoms with E-state index in [4.69, 9.17) is 5.73 Å². The Kier molecular flexibility index (Phi) is 6.19. The van der Waals surface area contributed by atoms with Gasteiger partial charge in [0.1, 0.15) is 5.82 Å². The van der Waals surface area contributed by atoms with Gasteiger partial charge in [0, 0.05) is 12.6 Å². The monoisotopic (exact) mass is 363 g/mol. The molecule has 3 N–H and O–H groups in total. The number of hydrogen-bond donors (Lipinski definition) is 2. The number of carbonyl (C=O) groups is 1. The Bertz CT molecular complexity index is 739. The van der Waals surface area contributed by atoms with Crippen LogP contribution in [-0.2, 0) is 0 Å². The van der Waals surface area contributed by atoms with Crippen LogP contribution in [0.1, 0.15) is 54.6 Å². The zero-order valence-corrected chi connectivity index (χ0v) is 15.7. The van der Waals surface area contributed by atoms with Crippen molar-refractivity contribution in [1.82, 2.24) is 20.1 Å². The Morgan fingerprint density at radius 1 is 1.36 bits per heavy atom. The third kappa shape index (κ3) is 4.38. The Labute approximate surface area is 154 Å². The Balaban J connectivity index is 0.00000225. The van der Waals surface area contributed by atoms with Crippen molar-refractivity contribution < 1.29 is 4.79 Å². The van der Waals surface area contributed by atoms with Crippen LogP contribution in [0.3, 0.4) is 0 Å². The molecule has 0 spiro atoms. The van der Waals surface area contributed by atoms with Crippen molar-refractivity contribution in [3.63, 3.8) is 0 Å². The predicted octanol–water partition coefficient (Wildman–Crippen LogP) is 2.59. The van der Waals surface area contributed by atoms with Gasteiger partial charge in [-0.2, -0.15) is 0 Å². The standard InChI is InChI=1S/C18H25N5O.ClH/c1-11(2)14-6-4-5-7-16(14)23-12(3)21-17(22-23)18(24)20-10-15(19)13-8-9-13;/h4-7,11,13,15H,8-10,19H2,1-3H3,(H,20,24);1H. The van der Waals surface area contributed by atoms with Gasteiger partial charge < -0.3 is 11.1 Å². The number of hydrogen-bond acceptors (Lipinski definition) is 4. The van der Waals surface area contributed by atoms with Crippen molar-refractivity contribution in [3.05, 3.63) is 41.5 Å². The van der Waals surface area contributed by atoms with Crippen LogP contribution in [0.5, 0.6) is 0 Å². The number of nitrogens with two attached hydrogens (primary N) is 1. The predicted molar refractivity (Wildman–Crippen MR) is 100 cm³/mol. The fourth-order valence-electron chi connectivity index (χ4n) is 2.86. The lowest BCUT2D eigenvalue weighted by atomic mass is 10.0. The summed E-state index contributed by atoms with van der Waals surface area (Å²) in [5.41, 5.74) is 8.16. The number of para-hydroxylation sites is 1. The summed E-state index contributed by atoms with van der Waals surface area (Å²) < 4.78 is 1.74. The second kappa shape index (κ2) is 7.97. The number of halogens is 1. The fourth-order valence-corrected chi connectivity index (χ4v) is 2.86. The number of aromatic nitrogens is 3. The quantitative estimate of drug-likeness (QED) is 0.825. The van der Waals surface area contributed by atoms with E-state index in [1.165, 1.54) is 5.56 Å². The molecule has 7 heteroatoms. The number of carbonyl (C=O) groups excluding carboxylic acids is 1. The van der Waals surface area contributed by atoms with Crippen LogP contribution in [0.25, 0.3) is 5.69 Å². The number of rotatable bonds is 6. The number of amides is 1. The smallest absolute Gasteiger partial charge is 0.291 e. The first-order valence-corrected chi connectivity index (χ1v) is 8.54. The van der Waals surface area contributed by atoms with Crippen molar-refractivity contribution >= 4 is 18.3 Å². The van der Waals surface area contributed by atoms with Gasteiger partial charge >= 0.3 is 0 Å². The first-order chi connectivity index (χ1) is 11.5. The summed E-state index contributed by atoms with van der Waals surface area (Å²) in [4.78, 5) is 16.6. The van der Waals surface area contributed by atoms with E-state index in [2.05, 4.69) is 35.3 Å². The molecule has 1 aromatic carbocycles. The largest absolute Gasteiger partial charge is 0.348 e. The summed E-state index contributed by atoms with van der Waals surface area (Å²) in [6.45, 7) is 6.60. The van der Waals surface area contributed by atoms with E-state index in [-0.39, 0.29) is 30.2 Å². The van der Waals surface area contributed by atoms with Gasteiger partial charge in [-0.3, -0.25) is 4.79 Å². The molecule has 2 aromatic rings. The van der Waals surface area contributed by atoms with Crippen LogP contribution in [-0.4, -0.2) is 33.3 Å². The second-order valence-corrected chi connectivity index (χ2v) is 6.82. The Hall–Kier alpha value is -1.92. The topological polar surface area (TPSA) is 85.8 Å². The first kappa shape index (κ1) is 19.4. The maximum Gasteiger partial charge on any atom is 0.291 e. The van der Waals surface area contributed by atoms with Crippen LogP contribution in [0.4, 0.5) is 0 Å². The molecule has 1 aromatic heterocycles. The minimum atomic E-state index is -0.269. The van der Waals surface area contributed by atoms with Gasteiger partial charge in [-0.1, -0.05) is 32.0 Å². The molecule has 1 unspecified atom stereocenters. The van der Waals surface area contributed by atoms with Crippen molar-refractivity contribution in [2.24, 2.45) is 11.7 Å². The molecule has 1 atom stereocenters. The molecular formula is C18H26ClN5O. The highest BCUT2D eigenvalue weighted by Gasteiger charge is 2.29. The Morgan fingerprint density at radius 2 is 2.04 bits per heavy atom. The normalized spacial score (nSPS) is 14.9. The molecule has 3 rings (SSSR count). The lowest BCUT2D eigenvalue weighted by molar-refractivity contribution is 0.0940. The third-order valence-electron chi connectivity index (χ3n) is 4.48. The van der Waals surface area contributed by atoms with Gasteiger partial charge in [-0.25, -0.2) is 9.67 Å². The molecule has 25 heavy (non-hydrogen) atoms. The van der Waals surface area contributed by atoms with Crippen LogP contribution in [0, 0.1) is 12.8 Å². The molecule has 0 saturated heterocycles. The zero-order chi connectivity index (χ0) is 17.3. The summed E-state index contributed by atoms with van der Waals surface area (Å²) in [7, 11) is 0. The van der Waals surface area contributed by atoms with Gasteiger partial charge in [0.05, 0.1) is 5.69 Å². The average Bonchev–Trinajstić information content (AvgIpc) is 3.34. The van der Waals surface area contributed by atoms with Gasteiger partial charge in [0.25, 0.3) is 5.91 Å². The molecule has 0 aliphatic heterocycles. The molecule has 1 aliphatic rings. The van der Waals surface area contributed by atoms with Crippen LogP contribution < -0.4 is 11.1 Å². The van der Waals surface area contributed by atoms with E-state index in [0.29, 0.717) is 24.2 Å². The van der Waals surface area contributed by atoms with E-state index in [1.54, 1.807) is 4.68 Å². The molecule has 136 valence electrons. The minimum Gasteiger partial charge on any atom is -0.348 e. The van der Waals surface area contributed by atoms with E-state index in [0.717, 1.165) is 18.5 Å². The second-order valence-electron chi connectivity index (χ2n) is 6.82. The summed E-state index contributed by atoms with van der Waals surface area (Å²) >= 11 is 0. The van der Waals surface area contributed by atoms with Crippen molar-refractivity contribution in [2.45, 2.75) is 45.6 Å². The molecular weight excluding hydrogens is 338 g/mol. The highest BCUT2D eigenvalue weighted by atomic mass is 35.5. The molecule has 1 amide bonds. The van der Waals surface area contributed by atoms with Gasteiger partial charge in [0.15, 0.2) is 0 Å². The lowest BCUT2D eigenvalue weighted by Gasteiger charge is -2.13. The molecule has 1 saturated carbocycles. The average molecular weight is 364 g/mol. The fraction of sp³-hybridized carbons (Fsp3) is 0.500. The van der Waals surface area contributed by atoms with Gasteiger partial charge in [-0.15, -0.1) is 17.5 Å². The molecule has 1 heterocycles. The SMILES string of the molecule is Cc1nc(C(=O)NCC(N)C2CC2)nn1-c1ccccc1C(C)C.Cl. The van der Waals surface area contributed by atoms with Crippen LogP contribution in [0.15, 0.2) is 24.3 Å². The molecule has 6 nitrogen and oxygen atoms in total. The number of nitrogens with one attached hydrogen (secondary N) is 1. The van der Waals surface area contributed by atoms with Crippen LogP contribution >= 0.6 is 12.4 Å². The number of nitrogens with zero attached hydrogens (tertiary/aromatic N) is 3. The minimum absolute atomic E-state index is 0. The van der Waals surface area contributed by atoms with Crippen molar-refractivity contribution in [3.8, 4) is 5.69 Å². The van der Waals surface area contributed by atoms with E-state index >= 15 is 0 Å². The zero-order valence-electron chi connectivity index (χ0n) is 14.9. The first-order valence-electron chi connectivity index (χ1n) is 8.54. The van der Waals surface area contributed by atoms with Crippen molar-refractivity contribution in [1.29, 1.82) is 0 Å². The van der Waals surface area contributed by atoms with E-state index in [1.807, 2.05) is 25.1 Å².